The van der Waals surface area contributed by atoms with Gasteiger partial charge in [0, 0.05) is 30.8 Å². The van der Waals surface area contributed by atoms with Crippen molar-refractivity contribution in [1.29, 1.82) is 0 Å². The molecule has 0 spiro atoms. The summed E-state index contributed by atoms with van der Waals surface area (Å²) in [7, 11) is 0. The van der Waals surface area contributed by atoms with Gasteiger partial charge in [-0.25, -0.2) is 0 Å². The van der Waals surface area contributed by atoms with Gasteiger partial charge in [-0.1, -0.05) is 16.8 Å². The molecule has 0 bridgehead atoms. The van der Waals surface area contributed by atoms with Gasteiger partial charge in [0.05, 0.1) is 21.3 Å². The summed E-state index contributed by atoms with van der Waals surface area (Å²) in [5.74, 6) is -0.967. The summed E-state index contributed by atoms with van der Waals surface area (Å²) >= 11 is 6.10. The Morgan fingerprint density at radius 3 is 2.39 bits per heavy atom. The lowest BCUT2D eigenvalue weighted by atomic mass is 10.2. The van der Waals surface area contributed by atoms with Crippen molar-refractivity contribution in [3.05, 3.63) is 68.1 Å². The van der Waals surface area contributed by atoms with Crippen LogP contribution in [-0.4, -0.2) is 49.7 Å². The zero-order chi connectivity index (χ0) is 22.5. The van der Waals surface area contributed by atoms with Crippen molar-refractivity contribution >= 4 is 29.1 Å². The SMILES string of the molecule is Cc1nn(Cc2noc(C(=O)NCCNC(=O)c3ccc([N+](=O)[O-])cc3)n2)c(C)c1Cl. The molecule has 0 aliphatic heterocycles. The molecule has 162 valence electrons. The fourth-order valence-electron chi connectivity index (χ4n) is 2.64. The van der Waals surface area contributed by atoms with Gasteiger partial charge in [0.25, 0.3) is 11.6 Å². The van der Waals surface area contributed by atoms with Gasteiger partial charge in [0.2, 0.25) is 0 Å². The molecule has 2 N–H and O–H groups in total. The minimum absolute atomic E-state index is 0.108. The highest BCUT2D eigenvalue weighted by molar-refractivity contribution is 6.31. The fourth-order valence-corrected chi connectivity index (χ4v) is 2.77. The van der Waals surface area contributed by atoms with Crippen LogP contribution in [0.4, 0.5) is 5.69 Å². The molecule has 0 fully saturated rings. The van der Waals surface area contributed by atoms with Gasteiger partial charge >= 0.3 is 11.8 Å². The normalized spacial score (nSPS) is 10.7. The van der Waals surface area contributed by atoms with Crippen LogP contribution in [-0.2, 0) is 6.54 Å². The number of nitrogens with one attached hydrogen (secondary N) is 2. The number of non-ortho nitro benzene ring substituents is 1. The number of nitro groups is 1. The molecule has 0 aliphatic carbocycles. The first-order chi connectivity index (χ1) is 14.8. The van der Waals surface area contributed by atoms with E-state index in [4.69, 9.17) is 16.1 Å². The van der Waals surface area contributed by atoms with E-state index in [1.165, 1.54) is 24.3 Å². The predicted octanol–water partition coefficient (Wildman–Crippen LogP) is 1.65. The van der Waals surface area contributed by atoms with E-state index >= 15 is 0 Å². The lowest BCUT2D eigenvalue weighted by Crippen LogP contribution is -2.34. The molecule has 0 atom stereocenters. The number of halogens is 1. The molecule has 13 heteroatoms. The van der Waals surface area contributed by atoms with Crippen LogP contribution in [0.2, 0.25) is 5.02 Å². The Kier molecular flexibility index (Phi) is 6.60. The smallest absolute Gasteiger partial charge is 0.316 e. The highest BCUT2D eigenvalue weighted by Crippen LogP contribution is 2.19. The van der Waals surface area contributed by atoms with Crippen LogP contribution in [0.25, 0.3) is 0 Å². The summed E-state index contributed by atoms with van der Waals surface area (Å²) in [6, 6.07) is 5.18. The number of nitrogens with zero attached hydrogens (tertiary/aromatic N) is 5. The second-order valence-corrected chi connectivity index (χ2v) is 6.85. The summed E-state index contributed by atoms with van der Waals surface area (Å²) < 4.78 is 6.57. The number of aromatic nitrogens is 4. The zero-order valence-corrected chi connectivity index (χ0v) is 17.3. The van der Waals surface area contributed by atoms with Crippen LogP contribution < -0.4 is 10.6 Å². The Balaban J connectivity index is 1.46. The minimum atomic E-state index is -0.588. The van der Waals surface area contributed by atoms with Gasteiger partial charge in [0.15, 0.2) is 5.82 Å². The standard InChI is InChI=1S/C18H18ClN7O5/c1-10-15(19)11(2)25(23-10)9-14-22-18(31-24-14)17(28)21-8-7-20-16(27)12-3-5-13(6-4-12)26(29)30/h3-6H,7-9H2,1-2H3,(H,20,27)(H,21,28). The Bertz CT molecular complexity index is 1120. The summed E-state index contributed by atoms with van der Waals surface area (Å²) in [6.07, 6.45) is 0. The molecule has 0 radical (unpaired) electrons. The van der Waals surface area contributed by atoms with Gasteiger partial charge in [-0.2, -0.15) is 10.1 Å². The number of carbonyl (C=O) groups is 2. The average molecular weight is 448 g/mol. The van der Waals surface area contributed by atoms with E-state index in [1.54, 1.807) is 18.5 Å². The third kappa shape index (κ3) is 5.22. The monoisotopic (exact) mass is 447 g/mol. The Labute approximate surface area is 180 Å². The van der Waals surface area contributed by atoms with Gasteiger partial charge in [-0.15, -0.1) is 0 Å². The maximum atomic E-state index is 12.1. The maximum Gasteiger partial charge on any atom is 0.316 e. The van der Waals surface area contributed by atoms with E-state index in [0.717, 1.165) is 5.69 Å². The first-order valence-corrected chi connectivity index (χ1v) is 9.47. The second-order valence-electron chi connectivity index (χ2n) is 6.47. The lowest BCUT2D eigenvalue weighted by molar-refractivity contribution is -0.384. The van der Waals surface area contributed by atoms with Gasteiger partial charge in [-0.05, 0) is 26.0 Å². The van der Waals surface area contributed by atoms with E-state index in [2.05, 4.69) is 25.9 Å². The largest absolute Gasteiger partial charge is 0.350 e. The highest BCUT2D eigenvalue weighted by Gasteiger charge is 2.17. The van der Waals surface area contributed by atoms with E-state index in [0.29, 0.717) is 10.7 Å². The van der Waals surface area contributed by atoms with Crippen LogP contribution in [0, 0.1) is 24.0 Å². The number of benzene rings is 1. The van der Waals surface area contributed by atoms with Gasteiger partial charge in [-0.3, -0.25) is 24.4 Å². The topological polar surface area (TPSA) is 158 Å². The highest BCUT2D eigenvalue weighted by atomic mass is 35.5. The second kappa shape index (κ2) is 9.34. The molecule has 12 nitrogen and oxygen atoms in total. The minimum Gasteiger partial charge on any atom is -0.350 e. The molecule has 0 unspecified atom stereocenters. The number of hydrogen-bond acceptors (Lipinski definition) is 8. The summed E-state index contributed by atoms with van der Waals surface area (Å²) in [6.45, 7) is 4.03. The Morgan fingerprint density at radius 2 is 1.81 bits per heavy atom. The van der Waals surface area contributed by atoms with Crippen molar-refractivity contribution in [2.75, 3.05) is 13.1 Å². The average Bonchev–Trinajstić information content (AvgIpc) is 3.32. The summed E-state index contributed by atoms with van der Waals surface area (Å²) in [4.78, 5) is 38.3. The zero-order valence-electron chi connectivity index (χ0n) is 16.6. The van der Waals surface area contributed by atoms with Gasteiger partial charge in [0.1, 0.15) is 6.54 Å². The predicted molar refractivity (Wildman–Crippen MR) is 108 cm³/mol. The number of hydrogen-bond donors (Lipinski definition) is 2. The number of nitro benzene ring substituents is 1. The van der Waals surface area contributed by atoms with Crippen molar-refractivity contribution in [2.24, 2.45) is 0 Å². The number of aryl methyl sites for hydroxylation is 1. The van der Waals surface area contributed by atoms with E-state index in [-0.39, 0.29) is 42.6 Å². The molecule has 3 rings (SSSR count). The maximum absolute atomic E-state index is 12.1. The number of carbonyl (C=O) groups excluding carboxylic acids is 2. The van der Waals surface area contributed by atoms with E-state index in [1.807, 2.05) is 0 Å². The lowest BCUT2D eigenvalue weighted by Gasteiger charge is -2.05. The molecular weight excluding hydrogens is 430 g/mol. The summed E-state index contributed by atoms with van der Waals surface area (Å²) in [5, 5.41) is 24.4. The molecule has 31 heavy (non-hydrogen) atoms. The molecule has 0 saturated heterocycles. The van der Waals surface area contributed by atoms with Gasteiger partial charge < -0.3 is 15.2 Å². The Hall–Kier alpha value is -3.80. The third-order valence-electron chi connectivity index (χ3n) is 4.28. The van der Waals surface area contributed by atoms with Crippen molar-refractivity contribution in [2.45, 2.75) is 20.4 Å². The molecule has 2 heterocycles. The Morgan fingerprint density at radius 1 is 1.16 bits per heavy atom. The van der Waals surface area contributed by atoms with Crippen LogP contribution in [0.3, 0.4) is 0 Å². The number of rotatable bonds is 8. The fraction of sp³-hybridized carbons (Fsp3) is 0.278. The van der Waals surface area contributed by atoms with Crippen LogP contribution in [0.15, 0.2) is 28.8 Å². The molecular formula is C18H18ClN7O5. The molecule has 2 aromatic heterocycles. The van der Waals surface area contributed by atoms with Crippen molar-refractivity contribution in [1.82, 2.24) is 30.6 Å². The molecule has 2 amide bonds. The van der Waals surface area contributed by atoms with Crippen LogP contribution in [0.1, 0.15) is 38.3 Å². The molecule has 0 aliphatic rings. The first-order valence-electron chi connectivity index (χ1n) is 9.09. The van der Waals surface area contributed by atoms with Crippen LogP contribution in [0.5, 0.6) is 0 Å². The molecule has 3 aromatic rings. The molecule has 1 aromatic carbocycles. The van der Waals surface area contributed by atoms with E-state index < -0.39 is 16.7 Å². The van der Waals surface area contributed by atoms with E-state index in [9.17, 15) is 19.7 Å². The third-order valence-corrected chi connectivity index (χ3v) is 4.83. The van der Waals surface area contributed by atoms with Crippen molar-refractivity contribution in [3.63, 3.8) is 0 Å². The van der Waals surface area contributed by atoms with Crippen molar-refractivity contribution < 1.29 is 19.0 Å². The quantitative estimate of drug-likeness (QED) is 0.299. The van der Waals surface area contributed by atoms with Crippen LogP contribution >= 0.6 is 11.6 Å². The number of amides is 2. The molecule has 0 saturated carbocycles. The van der Waals surface area contributed by atoms with Crippen molar-refractivity contribution in [3.8, 4) is 0 Å². The summed E-state index contributed by atoms with van der Waals surface area (Å²) in [5.41, 5.74) is 1.58. The first kappa shape index (κ1) is 21.9.